The van der Waals surface area contributed by atoms with Crippen LogP contribution in [0.15, 0.2) is 12.1 Å². The van der Waals surface area contributed by atoms with Crippen LogP contribution in [0.1, 0.15) is 6.42 Å². The van der Waals surface area contributed by atoms with Crippen molar-refractivity contribution in [2.75, 3.05) is 24.2 Å². The number of hydrogen-bond donors (Lipinski definition) is 1. The lowest BCUT2D eigenvalue weighted by atomic mass is 10.2. The summed E-state index contributed by atoms with van der Waals surface area (Å²) in [7, 11) is 1.29. The van der Waals surface area contributed by atoms with Crippen LogP contribution in [0, 0.1) is 11.6 Å². The normalized spacial score (nSPS) is 11.6. The highest BCUT2D eigenvalue weighted by molar-refractivity contribution is 5.67. The van der Waals surface area contributed by atoms with E-state index < -0.39 is 30.8 Å². The minimum Gasteiger partial charge on any atom is -0.395 e. The SMILES string of the molecule is CN(CCC(F)(F)F)c1cc(F)cc(F)c1N. The lowest BCUT2D eigenvalue weighted by Gasteiger charge is -2.22. The Hall–Kier alpha value is -1.53. The number of nitrogen functional groups attached to an aromatic ring is 1. The summed E-state index contributed by atoms with van der Waals surface area (Å²) in [5, 5.41) is 0. The second kappa shape index (κ2) is 4.77. The van der Waals surface area contributed by atoms with E-state index in [4.69, 9.17) is 5.73 Å². The van der Waals surface area contributed by atoms with Crippen molar-refractivity contribution < 1.29 is 22.0 Å². The van der Waals surface area contributed by atoms with E-state index in [-0.39, 0.29) is 11.4 Å². The Morgan fingerprint density at radius 3 is 2.35 bits per heavy atom. The third kappa shape index (κ3) is 3.76. The molecule has 0 aromatic heterocycles. The Kier molecular flexibility index (Phi) is 3.79. The van der Waals surface area contributed by atoms with Gasteiger partial charge in [0.15, 0.2) is 5.82 Å². The van der Waals surface area contributed by atoms with Gasteiger partial charge in [-0.1, -0.05) is 0 Å². The number of hydrogen-bond acceptors (Lipinski definition) is 2. The summed E-state index contributed by atoms with van der Waals surface area (Å²) in [5.74, 6) is -1.87. The van der Waals surface area contributed by atoms with Crippen molar-refractivity contribution in [2.24, 2.45) is 0 Å². The fourth-order valence-electron chi connectivity index (χ4n) is 1.30. The summed E-state index contributed by atoms with van der Waals surface area (Å²) >= 11 is 0. The van der Waals surface area contributed by atoms with Gasteiger partial charge in [0, 0.05) is 19.7 Å². The van der Waals surface area contributed by atoms with Crippen molar-refractivity contribution in [3.8, 4) is 0 Å². The van der Waals surface area contributed by atoms with Crippen LogP contribution < -0.4 is 10.6 Å². The molecule has 0 aliphatic heterocycles. The van der Waals surface area contributed by atoms with E-state index >= 15 is 0 Å². The molecule has 0 aliphatic carbocycles. The van der Waals surface area contributed by atoms with Crippen molar-refractivity contribution in [3.05, 3.63) is 23.8 Å². The van der Waals surface area contributed by atoms with E-state index in [1.807, 2.05) is 0 Å². The van der Waals surface area contributed by atoms with Gasteiger partial charge in [-0.2, -0.15) is 13.2 Å². The van der Waals surface area contributed by atoms with Crippen molar-refractivity contribution in [2.45, 2.75) is 12.6 Å². The zero-order valence-electron chi connectivity index (χ0n) is 8.98. The molecule has 0 heterocycles. The van der Waals surface area contributed by atoms with E-state index in [1.54, 1.807) is 0 Å². The fraction of sp³-hybridized carbons (Fsp3) is 0.400. The van der Waals surface area contributed by atoms with E-state index in [0.29, 0.717) is 6.07 Å². The van der Waals surface area contributed by atoms with E-state index in [9.17, 15) is 22.0 Å². The molecular weight excluding hydrogens is 243 g/mol. The summed E-state index contributed by atoms with van der Waals surface area (Å²) in [6.45, 7) is -0.420. The first kappa shape index (κ1) is 13.5. The lowest BCUT2D eigenvalue weighted by Crippen LogP contribution is -2.25. The van der Waals surface area contributed by atoms with Crippen LogP contribution in [0.25, 0.3) is 0 Å². The van der Waals surface area contributed by atoms with Gasteiger partial charge in [0.1, 0.15) is 5.82 Å². The molecule has 96 valence electrons. The standard InChI is InChI=1S/C10H11F5N2/c1-17(3-2-10(13,14)15)8-5-6(11)4-7(12)9(8)16/h4-5H,2-3,16H2,1H3. The Morgan fingerprint density at radius 2 is 1.82 bits per heavy atom. The predicted octanol–water partition coefficient (Wildman–Crippen LogP) is 2.94. The van der Waals surface area contributed by atoms with Crippen LogP contribution in [0.4, 0.5) is 33.3 Å². The largest absolute Gasteiger partial charge is 0.395 e. The molecule has 2 nitrogen and oxygen atoms in total. The second-order valence-corrected chi connectivity index (χ2v) is 3.61. The Balaban J connectivity index is 2.85. The predicted molar refractivity (Wildman–Crippen MR) is 54.7 cm³/mol. The molecule has 0 aliphatic rings. The summed E-state index contributed by atoms with van der Waals surface area (Å²) < 4.78 is 61.9. The highest BCUT2D eigenvalue weighted by atomic mass is 19.4. The molecule has 0 atom stereocenters. The molecule has 0 unspecified atom stereocenters. The van der Waals surface area contributed by atoms with Crippen molar-refractivity contribution in [1.29, 1.82) is 0 Å². The molecule has 0 bridgehead atoms. The van der Waals surface area contributed by atoms with Crippen molar-refractivity contribution in [3.63, 3.8) is 0 Å². The highest BCUT2D eigenvalue weighted by Crippen LogP contribution is 2.28. The molecule has 7 heteroatoms. The van der Waals surface area contributed by atoms with Gasteiger partial charge in [-0.3, -0.25) is 0 Å². The first-order valence-corrected chi connectivity index (χ1v) is 4.73. The molecule has 0 fully saturated rings. The number of nitrogens with zero attached hydrogens (tertiary/aromatic N) is 1. The number of benzene rings is 1. The van der Waals surface area contributed by atoms with Gasteiger partial charge in [-0.25, -0.2) is 8.78 Å². The molecule has 2 N–H and O–H groups in total. The first-order valence-electron chi connectivity index (χ1n) is 4.73. The van der Waals surface area contributed by atoms with E-state index in [2.05, 4.69) is 0 Å². The zero-order valence-corrected chi connectivity index (χ0v) is 8.98. The van der Waals surface area contributed by atoms with Gasteiger partial charge in [-0.05, 0) is 6.07 Å². The third-order valence-corrected chi connectivity index (χ3v) is 2.21. The quantitative estimate of drug-likeness (QED) is 0.663. The molecule has 0 radical (unpaired) electrons. The third-order valence-electron chi connectivity index (χ3n) is 2.21. The van der Waals surface area contributed by atoms with Crippen molar-refractivity contribution >= 4 is 11.4 Å². The first-order chi connectivity index (χ1) is 7.70. The average Bonchev–Trinajstić information content (AvgIpc) is 2.19. The van der Waals surface area contributed by atoms with Crippen LogP contribution >= 0.6 is 0 Å². The van der Waals surface area contributed by atoms with Crippen LogP contribution in [0.5, 0.6) is 0 Å². The van der Waals surface area contributed by atoms with Crippen LogP contribution in [-0.4, -0.2) is 19.8 Å². The maximum absolute atomic E-state index is 13.1. The molecule has 0 saturated carbocycles. The Morgan fingerprint density at radius 1 is 1.24 bits per heavy atom. The van der Waals surface area contributed by atoms with E-state index in [0.717, 1.165) is 11.0 Å². The highest BCUT2D eigenvalue weighted by Gasteiger charge is 2.27. The summed E-state index contributed by atoms with van der Waals surface area (Å²) in [5.41, 5.74) is 4.87. The van der Waals surface area contributed by atoms with Crippen LogP contribution in [0.2, 0.25) is 0 Å². The molecule has 17 heavy (non-hydrogen) atoms. The monoisotopic (exact) mass is 254 g/mol. The Labute approximate surface area is 94.8 Å². The van der Waals surface area contributed by atoms with Gasteiger partial charge in [-0.15, -0.1) is 0 Å². The van der Waals surface area contributed by atoms with E-state index in [1.165, 1.54) is 7.05 Å². The maximum atomic E-state index is 13.1. The maximum Gasteiger partial charge on any atom is 0.390 e. The van der Waals surface area contributed by atoms with Gasteiger partial charge in [0.2, 0.25) is 0 Å². The molecule has 1 aromatic carbocycles. The minimum absolute atomic E-state index is 0.0910. The molecular formula is C10H11F5N2. The fourth-order valence-corrected chi connectivity index (χ4v) is 1.30. The number of rotatable bonds is 3. The van der Waals surface area contributed by atoms with Gasteiger partial charge >= 0.3 is 6.18 Å². The summed E-state index contributed by atoms with van der Waals surface area (Å²) in [6.07, 6.45) is -5.41. The number of halogens is 5. The minimum atomic E-state index is -4.32. The van der Waals surface area contributed by atoms with Gasteiger partial charge in [0.05, 0.1) is 17.8 Å². The number of alkyl halides is 3. The molecule has 1 rings (SSSR count). The number of nitrogens with two attached hydrogens (primary N) is 1. The zero-order chi connectivity index (χ0) is 13.2. The summed E-state index contributed by atoms with van der Waals surface area (Å²) in [4.78, 5) is 1.06. The van der Waals surface area contributed by atoms with Gasteiger partial charge in [0.25, 0.3) is 0 Å². The molecule has 0 amide bonds. The second-order valence-electron chi connectivity index (χ2n) is 3.61. The van der Waals surface area contributed by atoms with Crippen LogP contribution in [0.3, 0.4) is 0 Å². The average molecular weight is 254 g/mol. The number of anilines is 2. The Bertz CT molecular complexity index is 402. The molecule has 0 spiro atoms. The smallest absolute Gasteiger partial charge is 0.390 e. The lowest BCUT2D eigenvalue weighted by molar-refractivity contribution is -0.132. The van der Waals surface area contributed by atoms with Crippen LogP contribution in [-0.2, 0) is 0 Å². The van der Waals surface area contributed by atoms with Crippen molar-refractivity contribution in [1.82, 2.24) is 0 Å². The summed E-state index contributed by atoms with van der Waals surface area (Å²) in [6, 6.07) is 1.48. The topological polar surface area (TPSA) is 29.3 Å². The molecule has 1 aromatic rings. The van der Waals surface area contributed by atoms with Gasteiger partial charge < -0.3 is 10.6 Å². The molecule has 0 saturated heterocycles.